The third-order valence-corrected chi connectivity index (χ3v) is 4.25. The topological polar surface area (TPSA) is 65.7 Å². The van der Waals surface area contributed by atoms with Crippen LogP contribution in [0.1, 0.15) is 24.1 Å². The summed E-state index contributed by atoms with van der Waals surface area (Å²) in [6.07, 6.45) is 3.94. The van der Waals surface area contributed by atoms with Gasteiger partial charge in [0.1, 0.15) is 12.0 Å². The molecule has 1 saturated heterocycles. The Bertz CT molecular complexity index is 626. The maximum absolute atomic E-state index is 4.84. The van der Waals surface area contributed by atoms with Gasteiger partial charge in [0.2, 0.25) is 0 Å². The molecule has 128 valence electrons. The molecule has 2 heterocycles. The summed E-state index contributed by atoms with van der Waals surface area (Å²) in [7, 11) is 1.79. The molecule has 1 aliphatic rings. The SMILES string of the molecule is CN=C(NCc1ccon1)NC1CCCN(Cc2ccccc2)C1. The highest BCUT2D eigenvalue weighted by Crippen LogP contribution is 2.13. The highest BCUT2D eigenvalue weighted by Gasteiger charge is 2.20. The largest absolute Gasteiger partial charge is 0.364 e. The summed E-state index contributed by atoms with van der Waals surface area (Å²) in [5.41, 5.74) is 2.24. The number of piperidine rings is 1. The molecule has 1 aliphatic heterocycles. The monoisotopic (exact) mass is 327 g/mol. The molecule has 1 atom stereocenters. The molecule has 6 heteroatoms. The number of aromatic nitrogens is 1. The lowest BCUT2D eigenvalue weighted by molar-refractivity contribution is 0.192. The average molecular weight is 327 g/mol. The van der Waals surface area contributed by atoms with Gasteiger partial charge in [-0.2, -0.15) is 0 Å². The fourth-order valence-electron chi connectivity index (χ4n) is 3.05. The van der Waals surface area contributed by atoms with Crippen LogP contribution >= 0.6 is 0 Å². The molecule has 0 amide bonds. The van der Waals surface area contributed by atoms with Crippen molar-refractivity contribution in [1.29, 1.82) is 0 Å². The summed E-state index contributed by atoms with van der Waals surface area (Å²) in [5.74, 6) is 0.810. The van der Waals surface area contributed by atoms with Crippen LogP contribution in [0.4, 0.5) is 0 Å². The van der Waals surface area contributed by atoms with Gasteiger partial charge < -0.3 is 15.2 Å². The quantitative estimate of drug-likeness (QED) is 0.649. The highest BCUT2D eigenvalue weighted by atomic mass is 16.5. The number of hydrogen-bond acceptors (Lipinski definition) is 4. The van der Waals surface area contributed by atoms with Gasteiger partial charge in [0.15, 0.2) is 5.96 Å². The second kappa shape index (κ2) is 8.49. The molecule has 1 aromatic carbocycles. The zero-order chi connectivity index (χ0) is 16.6. The van der Waals surface area contributed by atoms with Gasteiger partial charge in [0.05, 0.1) is 6.54 Å². The maximum Gasteiger partial charge on any atom is 0.191 e. The van der Waals surface area contributed by atoms with Crippen LogP contribution in [0.2, 0.25) is 0 Å². The lowest BCUT2D eigenvalue weighted by Crippen LogP contribution is -2.50. The number of rotatable bonds is 5. The van der Waals surface area contributed by atoms with E-state index >= 15 is 0 Å². The molecular formula is C18H25N5O. The Morgan fingerprint density at radius 1 is 1.33 bits per heavy atom. The smallest absolute Gasteiger partial charge is 0.191 e. The Labute approximate surface area is 142 Å². The minimum atomic E-state index is 0.408. The Hall–Kier alpha value is -2.34. The van der Waals surface area contributed by atoms with Crippen LogP contribution in [-0.4, -0.2) is 42.2 Å². The summed E-state index contributed by atoms with van der Waals surface area (Å²) in [5, 5.41) is 10.7. The van der Waals surface area contributed by atoms with Gasteiger partial charge in [-0.25, -0.2) is 0 Å². The van der Waals surface area contributed by atoms with E-state index in [0.717, 1.165) is 37.7 Å². The number of nitrogens with one attached hydrogen (secondary N) is 2. The van der Waals surface area contributed by atoms with Crippen LogP contribution < -0.4 is 10.6 Å². The van der Waals surface area contributed by atoms with Crippen molar-refractivity contribution in [3.8, 4) is 0 Å². The van der Waals surface area contributed by atoms with Crippen molar-refractivity contribution in [2.75, 3.05) is 20.1 Å². The molecule has 3 rings (SSSR count). The number of aliphatic imine (C=N–C) groups is 1. The number of benzene rings is 1. The van der Waals surface area contributed by atoms with Gasteiger partial charge in [0, 0.05) is 32.2 Å². The molecule has 6 nitrogen and oxygen atoms in total. The van der Waals surface area contributed by atoms with Gasteiger partial charge in [-0.3, -0.25) is 9.89 Å². The van der Waals surface area contributed by atoms with E-state index in [-0.39, 0.29) is 0 Å². The predicted octanol–water partition coefficient (Wildman–Crippen LogP) is 2.00. The normalized spacial score (nSPS) is 19.2. The minimum absolute atomic E-state index is 0.408. The van der Waals surface area contributed by atoms with Gasteiger partial charge in [-0.1, -0.05) is 35.5 Å². The summed E-state index contributed by atoms with van der Waals surface area (Å²) in [6.45, 7) is 3.79. The second-order valence-electron chi connectivity index (χ2n) is 6.12. The summed E-state index contributed by atoms with van der Waals surface area (Å²) < 4.78 is 4.84. The second-order valence-corrected chi connectivity index (χ2v) is 6.12. The van der Waals surface area contributed by atoms with Gasteiger partial charge in [-0.15, -0.1) is 0 Å². The predicted molar refractivity (Wildman–Crippen MR) is 94.6 cm³/mol. The van der Waals surface area contributed by atoms with E-state index in [0.29, 0.717) is 12.6 Å². The Morgan fingerprint density at radius 2 is 2.21 bits per heavy atom. The first-order valence-corrected chi connectivity index (χ1v) is 8.46. The minimum Gasteiger partial charge on any atom is -0.364 e. The molecule has 0 spiro atoms. The number of hydrogen-bond donors (Lipinski definition) is 2. The Morgan fingerprint density at radius 3 is 2.96 bits per heavy atom. The van der Waals surface area contributed by atoms with E-state index in [4.69, 9.17) is 4.52 Å². The van der Waals surface area contributed by atoms with E-state index in [1.165, 1.54) is 12.0 Å². The van der Waals surface area contributed by atoms with Crippen LogP contribution in [0.15, 0.2) is 52.2 Å². The van der Waals surface area contributed by atoms with Gasteiger partial charge >= 0.3 is 0 Å². The molecule has 0 saturated carbocycles. The fraction of sp³-hybridized carbons (Fsp3) is 0.444. The average Bonchev–Trinajstić information content (AvgIpc) is 3.13. The van der Waals surface area contributed by atoms with Crippen LogP contribution in [0.5, 0.6) is 0 Å². The van der Waals surface area contributed by atoms with Crippen molar-refractivity contribution in [3.05, 3.63) is 53.9 Å². The van der Waals surface area contributed by atoms with Crippen LogP contribution in [0.3, 0.4) is 0 Å². The van der Waals surface area contributed by atoms with E-state index in [9.17, 15) is 0 Å². The van der Waals surface area contributed by atoms with Crippen molar-refractivity contribution in [2.24, 2.45) is 4.99 Å². The van der Waals surface area contributed by atoms with Crippen molar-refractivity contribution in [3.63, 3.8) is 0 Å². The van der Waals surface area contributed by atoms with Crippen molar-refractivity contribution >= 4 is 5.96 Å². The lowest BCUT2D eigenvalue weighted by atomic mass is 10.0. The fourth-order valence-corrected chi connectivity index (χ4v) is 3.05. The molecule has 1 fully saturated rings. The maximum atomic E-state index is 4.84. The van der Waals surface area contributed by atoms with Gasteiger partial charge in [0.25, 0.3) is 0 Å². The molecule has 0 aliphatic carbocycles. The van der Waals surface area contributed by atoms with Crippen molar-refractivity contribution < 1.29 is 4.52 Å². The lowest BCUT2D eigenvalue weighted by Gasteiger charge is -2.33. The molecule has 1 aromatic heterocycles. The first-order valence-electron chi connectivity index (χ1n) is 8.46. The zero-order valence-corrected chi connectivity index (χ0v) is 14.1. The van der Waals surface area contributed by atoms with Crippen molar-refractivity contribution in [2.45, 2.75) is 32.0 Å². The third-order valence-electron chi connectivity index (χ3n) is 4.25. The molecule has 0 bridgehead atoms. The molecule has 2 aromatic rings. The standard InChI is InChI=1S/C18H25N5O/c1-19-18(20-12-16-9-11-24-22-16)21-17-8-5-10-23(14-17)13-15-6-3-2-4-7-15/h2-4,6-7,9,11,17H,5,8,10,12-14H2,1H3,(H2,19,20,21). The van der Waals surface area contributed by atoms with Crippen molar-refractivity contribution in [1.82, 2.24) is 20.7 Å². The van der Waals surface area contributed by atoms with E-state index in [1.807, 2.05) is 6.07 Å². The Kier molecular flexibility index (Phi) is 5.85. The van der Waals surface area contributed by atoms with E-state index in [2.05, 4.69) is 56.0 Å². The summed E-state index contributed by atoms with van der Waals surface area (Å²) in [6, 6.07) is 12.9. The van der Waals surface area contributed by atoms with Gasteiger partial charge in [-0.05, 0) is 24.9 Å². The molecule has 0 radical (unpaired) electrons. The van der Waals surface area contributed by atoms with Crippen LogP contribution in [0, 0.1) is 0 Å². The summed E-state index contributed by atoms with van der Waals surface area (Å²) in [4.78, 5) is 6.81. The molecule has 2 N–H and O–H groups in total. The molecular weight excluding hydrogens is 302 g/mol. The van der Waals surface area contributed by atoms with E-state index in [1.54, 1.807) is 13.3 Å². The third kappa shape index (κ3) is 4.83. The number of likely N-dealkylation sites (tertiary alicyclic amines) is 1. The molecule has 1 unspecified atom stereocenters. The first kappa shape index (κ1) is 16.5. The Balaban J connectivity index is 1.48. The first-order chi connectivity index (χ1) is 11.8. The van der Waals surface area contributed by atoms with Crippen LogP contribution in [-0.2, 0) is 13.1 Å². The summed E-state index contributed by atoms with van der Waals surface area (Å²) >= 11 is 0. The number of nitrogens with zero attached hydrogens (tertiary/aromatic N) is 3. The highest BCUT2D eigenvalue weighted by molar-refractivity contribution is 5.79. The zero-order valence-electron chi connectivity index (χ0n) is 14.1. The van der Waals surface area contributed by atoms with E-state index < -0.39 is 0 Å². The molecule has 24 heavy (non-hydrogen) atoms. The van der Waals surface area contributed by atoms with Crippen LogP contribution in [0.25, 0.3) is 0 Å². The number of guanidine groups is 1.